The number of nitrogens with zero attached hydrogens (tertiary/aromatic N) is 1. The number of amides is 2. The Morgan fingerprint density at radius 1 is 1.25 bits per heavy atom. The molecule has 2 fully saturated rings. The third-order valence-corrected chi connectivity index (χ3v) is 5.22. The van der Waals surface area contributed by atoms with E-state index in [4.69, 9.17) is 5.11 Å². The van der Waals surface area contributed by atoms with E-state index >= 15 is 0 Å². The van der Waals surface area contributed by atoms with Crippen molar-refractivity contribution in [3.8, 4) is 0 Å². The van der Waals surface area contributed by atoms with E-state index < -0.39 is 43.1 Å². The normalized spacial score (nSPS) is 26.6. The van der Waals surface area contributed by atoms with Crippen LogP contribution in [0.5, 0.6) is 0 Å². The Morgan fingerprint density at radius 3 is 2.33 bits per heavy atom. The van der Waals surface area contributed by atoms with E-state index in [1.54, 1.807) is 0 Å². The molecule has 0 aromatic rings. The van der Waals surface area contributed by atoms with Crippen molar-refractivity contribution >= 4 is 12.0 Å². The topological polar surface area (TPSA) is 69.6 Å². The standard InChI is InChI=1S/C16H25F3N2O3/c1-2-5-13(10-6-3-4-7-10)20-15(24)21-8-11(14(22)23)12(9-21)16(17,18)19/h10-13H,2-9H2,1H3,(H,20,24)(H,22,23)/t11-,12-,13?/m1/s1. The Hall–Kier alpha value is -1.47. The van der Waals surface area contributed by atoms with Crippen LogP contribution in [0, 0.1) is 17.8 Å². The maximum Gasteiger partial charge on any atom is 0.394 e. The van der Waals surface area contributed by atoms with Crippen molar-refractivity contribution in [2.75, 3.05) is 13.1 Å². The fourth-order valence-corrected chi connectivity index (χ4v) is 3.90. The number of hydrogen-bond acceptors (Lipinski definition) is 2. The number of carbonyl (C=O) groups is 2. The van der Waals surface area contributed by atoms with Gasteiger partial charge in [0, 0.05) is 19.1 Å². The highest BCUT2D eigenvalue weighted by molar-refractivity contribution is 5.78. The lowest BCUT2D eigenvalue weighted by Gasteiger charge is -2.27. The van der Waals surface area contributed by atoms with Crippen molar-refractivity contribution in [2.24, 2.45) is 17.8 Å². The number of nitrogens with one attached hydrogen (secondary N) is 1. The second-order valence-corrected chi connectivity index (χ2v) is 6.89. The van der Waals surface area contributed by atoms with Crippen LogP contribution in [0.1, 0.15) is 45.4 Å². The largest absolute Gasteiger partial charge is 0.481 e. The zero-order chi connectivity index (χ0) is 17.9. The maximum atomic E-state index is 13.0. The Balaban J connectivity index is 2.02. The fraction of sp³-hybridized carbons (Fsp3) is 0.875. The van der Waals surface area contributed by atoms with Gasteiger partial charge in [0.15, 0.2) is 0 Å². The quantitative estimate of drug-likeness (QED) is 0.800. The molecule has 0 radical (unpaired) electrons. The number of aliphatic carboxylic acids is 1. The molecule has 1 aliphatic carbocycles. The molecule has 0 spiro atoms. The van der Waals surface area contributed by atoms with E-state index in [0.29, 0.717) is 5.92 Å². The van der Waals surface area contributed by atoms with Crippen molar-refractivity contribution in [1.29, 1.82) is 0 Å². The summed E-state index contributed by atoms with van der Waals surface area (Å²) in [6.07, 6.45) is 1.32. The maximum absolute atomic E-state index is 13.0. The molecule has 24 heavy (non-hydrogen) atoms. The van der Waals surface area contributed by atoms with Crippen LogP contribution in [0.25, 0.3) is 0 Å². The van der Waals surface area contributed by atoms with Crippen molar-refractivity contribution in [2.45, 2.75) is 57.7 Å². The lowest BCUT2D eigenvalue weighted by molar-refractivity contribution is -0.187. The summed E-state index contributed by atoms with van der Waals surface area (Å²) in [4.78, 5) is 24.5. The van der Waals surface area contributed by atoms with Gasteiger partial charge in [-0.25, -0.2) is 4.79 Å². The molecule has 1 unspecified atom stereocenters. The number of alkyl halides is 3. The van der Waals surface area contributed by atoms with Crippen LogP contribution in [-0.2, 0) is 4.79 Å². The zero-order valence-electron chi connectivity index (χ0n) is 13.8. The molecule has 2 aliphatic rings. The minimum absolute atomic E-state index is 0.0433. The summed E-state index contributed by atoms with van der Waals surface area (Å²) < 4.78 is 39.0. The number of carbonyl (C=O) groups excluding carboxylic acids is 1. The molecule has 0 bridgehead atoms. The molecule has 138 valence electrons. The first kappa shape index (κ1) is 18.9. The number of likely N-dealkylation sites (tertiary alicyclic amines) is 1. The van der Waals surface area contributed by atoms with Gasteiger partial charge in [0.1, 0.15) is 0 Å². The lowest BCUT2D eigenvalue weighted by Crippen LogP contribution is -2.47. The van der Waals surface area contributed by atoms with E-state index in [0.717, 1.165) is 43.4 Å². The summed E-state index contributed by atoms with van der Waals surface area (Å²) in [5.74, 6) is -4.73. The van der Waals surface area contributed by atoms with Crippen LogP contribution in [0.2, 0.25) is 0 Å². The second kappa shape index (κ2) is 7.61. The summed E-state index contributed by atoms with van der Waals surface area (Å²) in [5.41, 5.74) is 0. The van der Waals surface area contributed by atoms with Gasteiger partial charge in [0.2, 0.25) is 0 Å². The molecule has 8 heteroatoms. The molecular formula is C16H25F3N2O3. The summed E-state index contributed by atoms with van der Waals surface area (Å²) >= 11 is 0. The SMILES string of the molecule is CCCC(NC(=O)N1C[C@@H](C(F)(F)F)[C@H](C(=O)O)C1)C1CCCC1. The molecule has 2 N–H and O–H groups in total. The average molecular weight is 350 g/mol. The summed E-state index contributed by atoms with van der Waals surface area (Å²) in [6.45, 7) is 1.02. The van der Waals surface area contributed by atoms with Crippen molar-refractivity contribution in [3.63, 3.8) is 0 Å². The third kappa shape index (κ3) is 4.33. The number of rotatable bonds is 5. The summed E-state index contributed by atoms with van der Waals surface area (Å²) in [6, 6.07) is -0.614. The van der Waals surface area contributed by atoms with E-state index in [9.17, 15) is 22.8 Å². The van der Waals surface area contributed by atoms with Gasteiger partial charge in [-0.3, -0.25) is 4.79 Å². The minimum Gasteiger partial charge on any atom is -0.481 e. The summed E-state index contributed by atoms with van der Waals surface area (Å²) in [7, 11) is 0. The first-order valence-corrected chi connectivity index (χ1v) is 8.59. The molecule has 2 rings (SSSR count). The Morgan fingerprint density at radius 2 is 1.88 bits per heavy atom. The number of carboxylic acid groups (broad SMARTS) is 1. The Labute approximate surface area is 139 Å². The first-order valence-electron chi connectivity index (χ1n) is 8.59. The highest BCUT2D eigenvalue weighted by Crippen LogP contribution is 2.38. The predicted octanol–water partition coefficient (Wildman–Crippen LogP) is 3.25. The van der Waals surface area contributed by atoms with E-state index in [2.05, 4.69) is 5.32 Å². The molecule has 1 saturated heterocycles. The van der Waals surface area contributed by atoms with Crippen molar-refractivity contribution < 1.29 is 27.9 Å². The van der Waals surface area contributed by atoms with Gasteiger partial charge in [0.25, 0.3) is 0 Å². The molecule has 1 aliphatic heterocycles. The molecule has 2 amide bonds. The van der Waals surface area contributed by atoms with E-state index in [-0.39, 0.29) is 6.04 Å². The van der Waals surface area contributed by atoms with E-state index in [1.807, 2.05) is 6.92 Å². The average Bonchev–Trinajstić information content (AvgIpc) is 3.15. The number of urea groups is 1. The van der Waals surface area contributed by atoms with Crippen molar-refractivity contribution in [3.05, 3.63) is 0 Å². The molecule has 0 aromatic heterocycles. The van der Waals surface area contributed by atoms with Gasteiger partial charge in [-0.15, -0.1) is 0 Å². The smallest absolute Gasteiger partial charge is 0.394 e. The van der Waals surface area contributed by atoms with Crippen LogP contribution < -0.4 is 5.32 Å². The Kier molecular flexibility index (Phi) is 5.98. The van der Waals surface area contributed by atoms with Crippen LogP contribution in [0.4, 0.5) is 18.0 Å². The van der Waals surface area contributed by atoms with Gasteiger partial charge >= 0.3 is 18.2 Å². The van der Waals surface area contributed by atoms with Crippen molar-refractivity contribution in [1.82, 2.24) is 10.2 Å². The van der Waals surface area contributed by atoms with Crippen LogP contribution in [-0.4, -0.2) is 47.3 Å². The van der Waals surface area contributed by atoms with Crippen LogP contribution >= 0.6 is 0 Å². The third-order valence-electron chi connectivity index (χ3n) is 5.22. The number of halogens is 3. The minimum atomic E-state index is -4.62. The van der Waals surface area contributed by atoms with Gasteiger partial charge in [-0.1, -0.05) is 26.2 Å². The molecule has 0 aromatic carbocycles. The lowest BCUT2D eigenvalue weighted by atomic mass is 9.94. The van der Waals surface area contributed by atoms with Gasteiger partial charge in [0.05, 0.1) is 11.8 Å². The highest BCUT2D eigenvalue weighted by Gasteiger charge is 2.53. The van der Waals surface area contributed by atoms with Crippen LogP contribution in [0.15, 0.2) is 0 Å². The molecular weight excluding hydrogens is 325 g/mol. The van der Waals surface area contributed by atoms with E-state index in [1.165, 1.54) is 0 Å². The molecule has 1 saturated carbocycles. The van der Waals surface area contributed by atoms with Gasteiger partial charge < -0.3 is 15.3 Å². The zero-order valence-corrected chi connectivity index (χ0v) is 13.8. The highest BCUT2D eigenvalue weighted by atomic mass is 19.4. The molecule has 3 atom stereocenters. The first-order chi connectivity index (χ1) is 11.2. The predicted molar refractivity (Wildman–Crippen MR) is 81.4 cm³/mol. The monoisotopic (exact) mass is 350 g/mol. The number of hydrogen-bond donors (Lipinski definition) is 2. The Bertz CT molecular complexity index is 464. The van der Waals surface area contributed by atoms with Crippen LogP contribution in [0.3, 0.4) is 0 Å². The fourth-order valence-electron chi connectivity index (χ4n) is 3.90. The summed E-state index contributed by atoms with van der Waals surface area (Å²) in [5, 5.41) is 11.9. The molecule has 1 heterocycles. The molecule has 5 nitrogen and oxygen atoms in total. The van der Waals surface area contributed by atoms with Gasteiger partial charge in [-0.05, 0) is 25.2 Å². The second-order valence-electron chi connectivity index (χ2n) is 6.89. The number of carboxylic acids is 1. The van der Waals surface area contributed by atoms with Gasteiger partial charge in [-0.2, -0.15) is 13.2 Å².